The Morgan fingerprint density at radius 3 is 2.72 bits per heavy atom. The van der Waals surface area contributed by atoms with Crippen LogP contribution < -0.4 is 5.32 Å². The number of benzene rings is 1. The van der Waals surface area contributed by atoms with Crippen LogP contribution in [0.2, 0.25) is 0 Å². The van der Waals surface area contributed by atoms with Crippen LogP contribution in [0.1, 0.15) is 22.3 Å². The molecule has 5 nitrogen and oxygen atoms in total. The Kier molecular flexibility index (Phi) is 5.54. The van der Waals surface area contributed by atoms with Gasteiger partial charge < -0.3 is 15.5 Å². The van der Waals surface area contributed by atoms with Crippen LogP contribution in [-0.2, 0) is 4.79 Å². The smallest absolute Gasteiger partial charge is 0.332 e. The molecule has 1 amide bonds. The molecule has 0 aliphatic rings. The van der Waals surface area contributed by atoms with E-state index >= 15 is 0 Å². The molecule has 3 N–H and O–H groups in total. The third-order valence-corrected chi connectivity index (χ3v) is 3.86. The van der Waals surface area contributed by atoms with E-state index in [4.69, 9.17) is 10.2 Å². The normalized spacial score (nSPS) is 11.9. The lowest BCUT2D eigenvalue weighted by atomic mass is 10.1. The van der Waals surface area contributed by atoms with Crippen LogP contribution in [0.5, 0.6) is 0 Å². The van der Waals surface area contributed by atoms with Crippen LogP contribution in [0.25, 0.3) is 0 Å². The summed E-state index contributed by atoms with van der Waals surface area (Å²) >= 11 is 2.09. The van der Waals surface area contributed by atoms with Crippen molar-refractivity contribution in [3.05, 3.63) is 32.9 Å². The van der Waals surface area contributed by atoms with Gasteiger partial charge in [0.25, 0.3) is 5.91 Å². The molecule has 1 unspecified atom stereocenters. The molecular formula is C12H14INO4. The van der Waals surface area contributed by atoms with Crippen molar-refractivity contribution in [2.75, 3.05) is 6.54 Å². The summed E-state index contributed by atoms with van der Waals surface area (Å²) in [5.74, 6) is -1.55. The molecule has 0 aliphatic carbocycles. The van der Waals surface area contributed by atoms with Gasteiger partial charge in [0.15, 0.2) is 6.10 Å². The number of amides is 1. The van der Waals surface area contributed by atoms with Crippen LogP contribution in [-0.4, -0.2) is 34.7 Å². The highest BCUT2D eigenvalue weighted by Crippen LogP contribution is 2.16. The summed E-state index contributed by atoms with van der Waals surface area (Å²) in [6.07, 6.45) is -1.45. The first-order chi connectivity index (χ1) is 8.43. The molecule has 6 heteroatoms. The predicted octanol–water partition coefficient (Wildman–Crippen LogP) is 1.17. The molecule has 18 heavy (non-hydrogen) atoms. The number of aliphatic carboxylic acids is 1. The number of carbonyl (C=O) groups is 2. The third-order valence-electron chi connectivity index (χ3n) is 2.42. The number of hydrogen-bond acceptors (Lipinski definition) is 3. The summed E-state index contributed by atoms with van der Waals surface area (Å²) in [6.45, 7) is 2.03. The number of aryl methyl sites for hydroxylation is 1. The molecule has 0 radical (unpaired) electrons. The van der Waals surface area contributed by atoms with Crippen LogP contribution in [0.15, 0.2) is 18.2 Å². The number of carboxylic acids is 1. The Hall–Kier alpha value is -1.15. The maximum Gasteiger partial charge on any atom is 0.332 e. The van der Waals surface area contributed by atoms with Gasteiger partial charge in [-0.05, 0) is 41.1 Å². The lowest BCUT2D eigenvalue weighted by Crippen LogP contribution is -2.30. The minimum absolute atomic E-state index is 0.0104. The Balaban J connectivity index is 2.56. The average Bonchev–Trinajstić information content (AvgIpc) is 2.32. The van der Waals surface area contributed by atoms with Gasteiger partial charge in [-0.15, -0.1) is 0 Å². The van der Waals surface area contributed by atoms with Crippen LogP contribution in [0.4, 0.5) is 0 Å². The first-order valence-corrected chi connectivity index (χ1v) is 6.45. The lowest BCUT2D eigenvalue weighted by molar-refractivity contribution is -0.146. The molecule has 0 aromatic heterocycles. The summed E-state index contributed by atoms with van der Waals surface area (Å²) in [6, 6.07) is 5.41. The number of hydrogen-bond donors (Lipinski definition) is 3. The highest BCUT2D eigenvalue weighted by atomic mass is 127. The first-order valence-electron chi connectivity index (χ1n) is 5.37. The molecule has 1 aromatic rings. The Morgan fingerprint density at radius 1 is 1.44 bits per heavy atom. The van der Waals surface area contributed by atoms with Gasteiger partial charge >= 0.3 is 5.97 Å². The van der Waals surface area contributed by atoms with Gasteiger partial charge in [0.2, 0.25) is 0 Å². The van der Waals surface area contributed by atoms with E-state index in [9.17, 15) is 9.59 Å². The molecule has 0 fully saturated rings. The van der Waals surface area contributed by atoms with E-state index in [2.05, 4.69) is 27.9 Å². The second-order valence-corrected chi connectivity index (χ2v) is 4.91. The minimum atomic E-state index is -1.44. The van der Waals surface area contributed by atoms with E-state index in [-0.39, 0.29) is 18.9 Å². The second kappa shape index (κ2) is 6.69. The topological polar surface area (TPSA) is 86.6 Å². The molecule has 0 bridgehead atoms. The number of rotatable bonds is 5. The van der Waals surface area contributed by atoms with Crippen molar-refractivity contribution in [3.63, 3.8) is 0 Å². The summed E-state index contributed by atoms with van der Waals surface area (Å²) in [4.78, 5) is 22.2. The van der Waals surface area contributed by atoms with Crippen molar-refractivity contribution < 1.29 is 19.8 Å². The molecular weight excluding hydrogens is 349 g/mol. The summed E-state index contributed by atoms with van der Waals surface area (Å²) < 4.78 is 0.867. The first kappa shape index (κ1) is 14.9. The van der Waals surface area contributed by atoms with E-state index < -0.39 is 12.1 Å². The Labute approximate surface area is 118 Å². The summed E-state index contributed by atoms with van der Waals surface area (Å²) in [5, 5.41) is 20.1. The summed E-state index contributed by atoms with van der Waals surface area (Å²) in [5.41, 5.74) is 1.56. The number of aliphatic hydroxyl groups is 1. The van der Waals surface area contributed by atoms with Gasteiger partial charge in [0, 0.05) is 16.5 Å². The molecule has 0 aliphatic heterocycles. The van der Waals surface area contributed by atoms with E-state index in [1.165, 1.54) is 0 Å². The molecule has 98 valence electrons. The van der Waals surface area contributed by atoms with Gasteiger partial charge in [-0.1, -0.05) is 12.1 Å². The highest BCUT2D eigenvalue weighted by molar-refractivity contribution is 14.1. The zero-order valence-electron chi connectivity index (χ0n) is 9.81. The fourth-order valence-electron chi connectivity index (χ4n) is 1.36. The van der Waals surface area contributed by atoms with E-state index in [1.807, 2.05) is 13.0 Å². The molecule has 0 saturated heterocycles. The predicted molar refractivity (Wildman–Crippen MR) is 74.5 cm³/mol. The van der Waals surface area contributed by atoms with Crippen molar-refractivity contribution in [1.29, 1.82) is 0 Å². The maximum absolute atomic E-state index is 11.8. The largest absolute Gasteiger partial charge is 0.479 e. The maximum atomic E-state index is 11.8. The number of carbonyl (C=O) groups excluding carboxylic acids is 1. The fraction of sp³-hybridized carbons (Fsp3) is 0.333. The monoisotopic (exact) mass is 363 g/mol. The van der Waals surface area contributed by atoms with Crippen molar-refractivity contribution >= 4 is 34.5 Å². The van der Waals surface area contributed by atoms with Crippen molar-refractivity contribution in [2.24, 2.45) is 0 Å². The number of aliphatic hydroxyl groups excluding tert-OH is 1. The molecule has 1 aromatic carbocycles. The molecule has 0 saturated carbocycles. The molecule has 0 heterocycles. The molecule has 0 spiro atoms. The number of nitrogens with one attached hydrogen (secondary N) is 1. The Morgan fingerprint density at radius 2 is 2.11 bits per heavy atom. The third kappa shape index (κ3) is 3.95. The standard InChI is InChI=1S/C12H14INO4/c1-7-3-2-4-8(10(7)13)11(16)14-6-5-9(15)12(17)18/h2-4,9,15H,5-6H2,1H3,(H,14,16)(H,17,18). The second-order valence-electron chi connectivity index (χ2n) is 3.84. The molecule has 1 atom stereocenters. The van der Waals surface area contributed by atoms with Crippen LogP contribution >= 0.6 is 22.6 Å². The average molecular weight is 363 g/mol. The van der Waals surface area contributed by atoms with Crippen LogP contribution in [0, 0.1) is 10.5 Å². The minimum Gasteiger partial charge on any atom is -0.479 e. The fourth-order valence-corrected chi connectivity index (χ4v) is 1.97. The van der Waals surface area contributed by atoms with E-state index in [1.54, 1.807) is 12.1 Å². The van der Waals surface area contributed by atoms with Gasteiger partial charge in [0.05, 0.1) is 5.56 Å². The zero-order chi connectivity index (χ0) is 13.7. The lowest BCUT2D eigenvalue weighted by Gasteiger charge is -2.09. The van der Waals surface area contributed by atoms with Crippen molar-refractivity contribution in [1.82, 2.24) is 5.32 Å². The summed E-state index contributed by atoms with van der Waals surface area (Å²) in [7, 11) is 0. The number of halogens is 1. The van der Waals surface area contributed by atoms with Crippen LogP contribution in [0.3, 0.4) is 0 Å². The number of carboxylic acid groups (broad SMARTS) is 1. The van der Waals surface area contributed by atoms with Gasteiger partial charge in [-0.25, -0.2) is 4.79 Å². The molecule has 1 rings (SSSR count). The van der Waals surface area contributed by atoms with E-state index in [0.717, 1.165) is 9.13 Å². The van der Waals surface area contributed by atoms with Gasteiger partial charge in [0.1, 0.15) is 0 Å². The van der Waals surface area contributed by atoms with Crippen molar-refractivity contribution in [3.8, 4) is 0 Å². The SMILES string of the molecule is Cc1cccc(C(=O)NCCC(O)C(=O)O)c1I. The Bertz CT molecular complexity index is 461. The quantitative estimate of drug-likeness (QED) is 0.686. The van der Waals surface area contributed by atoms with Crippen molar-refractivity contribution in [2.45, 2.75) is 19.4 Å². The van der Waals surface area contributed by atoms with Gasteiger partial charge in [-0.2, -0.15) is 0 Å². The van der Waals surface area contributed by atoms with E-state index in [0.29, 0.717) is 5.56 Å². The van der Waals surface area contributed by atoms with Gasteiger partial charge in [-0.3, -0.25) is 4.79 Å². The highest BCUT2D eigenvalue weighted by Gasteiger charge is 2.14. The zero-order valence-corrected chi connectivity index (χ0v) is 12.0.